The second-order valence-electron chi connectivity index (χ2n) is 5.56. The largest absolute Gasteiger partial charge is 0.330 e. The van der Waals surface area contributed by atoms with E-state index in [4.69, 9.17) is 5.73 Å². The Balaban J connectivity index is 3.17. The van der Waals surface area contributed by atoms with Gasteiger partial charge in [0.15, 0.2) is 0 Å². The van der Waals surface area contributed by atoms with Gasteiger partial charge in [-0.25, -0.2) is 8.42 Å². The molecule has 0 spiro atoms. The molecule has 1 aromatic rings. The number of hydrogen-bond acceptors (Lipinski definition) is 4. The summed E-state index contributed by atoms with van der Waals surface area (Å²) in [4.78, 5) is 0.280. The van der Waals surface area contributed by atoms with E-state index in [1.165, 1.54) is 4.31 Å². The third-order valence-electron chi connectivity index (χ3n) is 3.17. The first kappa shape index (κ1) is 16.1. The topological polar surface area (TPSA) is 92.1 Å². The minimum atomic E-state index is -3.53. The predicted molar refractivity (Wildman–Crippen MR) is 75.3 cm³/mol. The number of nitrogens with one attached hydrogen (secondary N) is 1. The number of nitrogens with zero attached hydrogens (tertiary/aromatic N) is 2. The number of aryl methyl sites for hydroxylation is 2. The zero-order valence-electron chi connectivity index (χ0n) is 12.3. The second kappa shape index (κ2) is 5.60. The van der Waals surface area contributed by atoms with Crippen LogP contribution in [0.3, 0.4) is 0 Å². The number of aromatic nitrogens is 2. The van der Waals surface area contributed by atoms with Gasteiger partial charge in [0.1, 0.15) is 4.90 Å². The molecule has 1 rings (SSSR count). The van der Waals surface area contributed by atoms with Gasteiger partial charge in [0.2, 0.25) is 10.0 Å². The lowest BCUT2D eigenvalue weighted by atomic mass is 9.94. The number of H-pyrrole nitrogens is 1. The summed E-state index contributed by atoms with van der Waals surface area (Å²) in [6.45, 7) is 10.4. The molecular formula is C12H24N4O2S. The van der Waals surface area contributed by atoms with Crippen molar-refractivity contribution >= 4 is 10.0 Å². The molecule has 7 heteroatoms. The van der Waals surface area contributed by atoms with E-state index in [1.807, 2.05) is 20.8 Å². The predicted octanol–water partition coefficient (Wildman–Crippen LogP) is 1.02. The van der Waals surface area contributed by atoms with Gasteiger partial charge in [-0.3, -0.25) is 5.10 Å². The molecule has 0 radical (unpaired) electrons. The first-order valence-electron chi connectivity index (χ1n) is 6.37. The monoisotopic (exact) mass is 288 g/mol. The van der Waals surface area contributed by atoms with Crippen molar-refractivity contribution in [2.24, 2.45) is 11.1 Å². The molecule has 0 aliphatic rings. The molecular weight excluding hydrogens is 264 g/mol. The van der Waals surface area contributed by atoms with Gasteiger partial charge in [-0.05, 0) is 25.8 Å². The van der Waals surface area contributed by atoms with Crippen LogP contribution in [-0.2, 0) is 10.0 Å². The van der Waals surface area contributed by atoms with Crippen LogP contribution in [0.1, 0.15) is 32.2 Å². The summed E-state index contributed by atoms with van der Waals surface area (Å²) in [5.74, 6) is 0. The Labute approximate surface area is 115 Å². The number of rotatable bonds is 6. The molecule has 19 heavy (non-hydrogen) atoms. The van der Waals surface area contributed by atoms with Gasteiger partial charge in [0, 0.05) is 13.1 Å². The van der Waals surface area contributed by atoms with Crippen LogP contribution in [0.2, 0.25) is 0 Å². The van der Waals surface area contributed by atoms with Gasteiger partial charge in [0.05, 0.1) is 11.4 Å². The Hall–Kier alpha value is -0.920. The highest BCUT2D eigenvalue weighted by molar-refractivity contribution is 7.89. The van der Waals surface area contributed by atoms with Crippen molar-refractivity contribution in [3.8, 4) is 0 Å². The Morgan fingerprint density at radius 2 is 1.95 bits per heavy atom. The maximum Gasteiger partial charge on any atom is 0.246 e. The number of aromatic amines is 1. The lowest BCUT2D eigenvalue weighted by molar-refractivity contribution is 0.273. The molecule has 0 unspecified atom stereocenters. The molecule has 0 aliphatic carbocycles. The summed E-state index contributed by atoms with van der Waals surface area (Å²) in [6.07, 6.45) is 0. The van der Waals surface area contributed by atoms with E-state index in [1.54, 1.807) is 13.8 Å². The van der Waals surface area contributed by atoms with Gasteiger partial charge in [-0.2, -0.15) is 9.40 Å². The molecule has 0 saturated heterocycles. The Morgan fingerprint density at radius 1 is 1.37 bits per heavy atom. The van der Waals surface area contributed by atoms with Crippen LogP contribution in [-0.4, -0.2) is 42.6 Å². The molecule has 1 heterocycles. The maximum absolute atomic E-state index is 12.7. The van der Waals surface area contributed by atoms with Crippen molar-refractivity contribution < 1.29 is 8.42 Å². The molecule has 0 fully saturated rings. The van der Waals surface area contributed by atoms with Gasteiger partial charge in [-0.1, -0.05) is 20.8 Å². The Bertz CT molecular complexity index is 514. The average molecular weight is 288 g/mol. The van der Waals surface area contributed by atoms with Crippen LogP contribution in [0.15, 0.2) is 4.90 Å². The molecule has 0 atom stereocenters. The lowest BCUT2D eigenvalue weighted by Crippen LogP contribution is -2.42. The zero-order valence-corrected chi connectivity index (χ0v) is 13.1. The summed E-state index contributed by atoms with van der Waals surface area (Å²) in [7, 11) is -3.53. The van der Waals surface area contributed by atoms with Crippen LogP contribution in [0, 0.1) is 19.3 Å². The summed E-state index contributed by atoms with van der Waals surface area (Å²) in [5.41, 5.74) is 6.51. The van der Waals surface area contributed by atoms with Gasteiger partial charge < -0.3 is 5.73 Å². The van der Waals surface area contributed by atoms with E-state index in [2.05, 4.69) is 10.2 Å². The van der Waals surface area contributed by atoms with Crippen molar-refractivity contribution in [3.05, 3.63) is 11.4 Å². The number of nitrogens with two attached hydrogens (primary N) is 1. The number of sulfonamides is 1. The van der Waals surface area contributed by atoms with E-state index in [-0.39, 0.29) is 10.3 Å². The molecule has 0 aliphatic heterocycles. The fraction of sp³-hybridized carbons (Fsp3) is 0.750. The van der Waals surface area contributed by atoms with Crippen molar-refractivity contribution in [2.45, 2.75) is 39.5 Å². The van der Waals surface area contributed by atoms with Crippen molar-refractivity contribution in [1.82, 2.24) is 14.5 Å². The highest BCUT2D eigenvalue weighted by atomic mass is 32.2. The fourth-order valence-corrected chi connectivity index (χ4v) is 3.93. The highest BCUT2D eigenvalue weighted by Crippen LogP contribution is 2.25. The Morgan fingerprint density at radius 3 is 2.32 bits per heavy atom. The Kier molecular flexibility index (Phi) is 4.76. The van der Waals surface area contributed by atoms with E-state index in [0.717, 1.165) is 0 Å². The molecule has 6 nitrogen and oxygen atoms in total. The molecule has 0 aromatic carbocycles. The smallest absolute Gasteiger partial charge is 0.246 e. The van der Waals surface area contributed by atoms with E-state index in [9.17, 15) is 8.42 Å². The van der Waals surface area contributed by atoms with Crippen LogP contribution >= 0.6 is 0 Å². The third kappa shape index (κ3) is 3.34. The molecule has 0 bridgehead atoms. The van der Waals surface area contributed by atoms with Gasteiger partial charge >= 0.3 is 0 Å². The summed E-state index contributed by atoms with van der Waals surface area (Å²) >= 11 is 0. The normalized spacial score (nSPS) is 13.2. The van der Waals surface area contributed by atoms with Gasteiger partial charge in [-0.15, -0.1) is 0 Å². The summed E-state index contributed by atoms with van der Waals surface area (Å²) in [5, 5.41) is 6.68. The van der Waals surface area contributed by atoms with Crippen molar-refractivity contribution in [1.29, 1.82) is 0 Å². The van der Waals surface area contributed by atoms with Gasteiger partial charge in [0.25, 0.3) is 0 Å². The SMILES string of the molecule is CCN(CC(C)(C)CN)S(=O)(=O)c1c(C)n[nH]c1C. The minimum Gasteiger partial charge on any atom is -0.330 e. The average Bonchev–Trinajstić information content (AvgIpc) is 2.66. The number of hydrogen-bond donors (Lipinski definition) is 2. The first-order chi connectivity index (χ1) is 8.65. The van der Waals surface area contributed by atoms with Crippen LogP contribution in [0.4, 0.5) is 0 Å². The molecule has 110 valence electrons. The highest BCUT2D eigenvalue weighted by Gasteiger charge is 2.32. The van der Waals surface area contributed by atoms with E-state index >= 15 is 0 Å². The minimum absolute atomic E-state index is 0.255. The molecule has 1 aromatic heterocycles. The van der Waals surface area contributed by atoms with Crippen LogP contribution < -0.4 is 5.73 Å². The quantitative estimate of drug-likeness (QED) is 0.817. The first-order valence-corrected chi connectivity index (χ1v) is 7.81. The summed E-state index contributed by atoms with van der Waals surface area (Å²) in [6, 6.07) is 0. The fourth-order valence-electron chi connectivity index (χ4n) is 1.96. The standard InChI is InChI=1S/C12H24N4O2S/c1-6-16(8-12(4,5)7-13)19(17,18)11-9(2)14-15-10(11)3/h6-8,13H2,1-5H3,(H,14,15). The maximum atomic E-state index is 12.7. The molecule has 0 saturated carbocycles. The van der Waals surface area contributed by atoms with Crippen LogP contribution in [0.5, 0.6) is 0 Å². The van der Waals surface area contributed by atoms with E-state index < -0.39 is 10.0 Å². The van der Waals surface area contributed by atoms with Crippen LogP contribution in [0.25, 0.3) is 0 Å². The van der Waals surface area contributed by atoms with E-state index in [0.29, 0.717) is 31.0 Å². The van der Waals surface area contributed by atoms with Crippen molar-refractivity contribution in [2.75, 3.05) is 19.6 Å². The molecule has 3 N–H and O–H groups in total. The zero-order chi connectivity index (χ0) is 14.8. The summed E-state index contributed by atoms with van der Waals surface area (Å²) < 4.78 is 26.8. The third-order valence-corrected chi connectivity index (χ3v) is 5.35. The second-order valence-corrected chi connectivity index (χ2v) is 7.44. The van der Waals surface area contributed by atoms with Crippen molar-refractivity contribution in [3.63, 3.8) is 0 Å². The molecule has 0 amide bonds. The lowest BCUT2D eigenvalue weighted by Gasteiger charge is -2.30.